The molecule has 0 aromatic rings. The minimum atomic E-state index is -4.97. The lowest BCUT2D eigenvalue weighted by Crippen LogP contribution is -2.30. The fourth-order valence-electron chi connectivity index (χ4n) is 13.9. The number of unbranched alkanes of at least 4 members (excludes halogenated alkanes) is 54. The predicted molar refractivity (Wildman–Crippen MR) is 446 cm³/mol. The van der Waals surface area contributed by atoms with Crippen LogP contribution in [0.2, 0.25) is 0 Å². The molecule has 19 heteroatoms. The summed E-state index contributed by atoms with van der Waals surface area (Å²) in [6, 6.07) is 0. The number of ether oxygens (including phenoxy) is 4. The molecule has 0 spiro atoms. The number of hydrogen-bond donors (Lipinski definition) is 3. The van der Waals surface area contributed by atoms with Crippen molar-refractivity contribution in [1.82, 2.24) is 0 Å². The molecule has 0 heterocycles. The van der Waals surface area contributed by atoms with E-state index in [-0.39, 0.29) is 25.7 Å². The summed E-state index contributed by atoms with van der Waals surface area (Å²) in [5, 5.41) is 10.7. The number of carbonyl (C=O) groups is 4. The Morgan fingerprint density at radius 2 is 0.472 bits per heavy atom. The predicted octanol–water partition coefficient (Wildman–Crippen LogP) is 27.3. The first-order valence-electron chi connectivity index (χ1n) is 45.9. The molecule has 0 aliphatic rings. The molecule has 642 valence electrons. The van der Waals surface area contributed by atoms with Crippen molar-refractivity contribution in [3.8, 4) is 0 Å². The lowest BCUT2D eigenvalue weighted by atomic mass is 9.99. The third kappa shape index (κ3) is 80.7. The number of rotatable bonds is 87. The Morgan fingerprint density at radius 3 is 0.704 bits per heavy atom. The van der Waals surface area contributed by atoms with Crippen LogP contribution in [0.3, 0.4) is 0 Å². The summed E-state index contributed by atoms with van der Waals surface area (Å²) in [6.07, 6.45) is 71.0. The van der Waals surface area contributed by atoms with Gasteiger partial charge in [0.2, 0.25) is 0 Å². The van der Waals surface area contributed by atoms with Gasteiger partial charge in [0.25, 0.3) is 0 Å². The average Bonchev–Trinajstić information content (AvgIpc) is 0.900. The molecule has 6 atom stereocenters. The van der Waals surface area contributed by atoms with E-state index in [0.29, 0.717) is 31.6 Å². The molecular weight excluding hydrogens is 1400 g/mol. The van der Waals surface area contributed by atoms with Crippen LogP contribution in [-0.4, -0.2) is 96.7 Å². The molecule has 3 N–H and O–H groups in total. The van der Waals surface area contributed by atoms with Crippen LogP contribution in [0.4, 0.5) is 0 Å². The Kier molecular flexibility index (Phi) is 77.5. The van der Waals surface area contributed by atoms with E-state index in [1.807, 2.05) is 0 Å². The standard InChI is InChI=1S/C89H174O17P2/c1-8-10-11-12-13-14-15-16-17-18-19-23-26-32-37-42-49-56-63-70-86(91)99-76-84(105-88(93)72-65-58-50-43-38-33-27-24-21-20-22-25-31-36-41-48-55-62-69-82(7)9-2)78-103-107(95,96)101-74-83(90)75-102-108(97,98)104-79-85(77-100-87(92)71-64-57-52-45-47-54-61-68-81(5)6)106-89(94)73-66-59-51-44-39-34-29-28-30-35-40-46-53-60-67-80(3)4/h80-85,90H,8-79H2,1-7H3,(H,95,96)(H,97,98)/t82?,83-,84-,85-/m1/s1. The first-order chi connectivity index (χ1) is 52.3. The molecule has 3 unspecified atom stereocenters. The average molecular weight is 1580 g/mol. The smallest absolute Gasteiger partial charge is 0.462 e. The quantitative estimate of drug-likeness (QED) is 0.0222. The summed E-state index contributed by atoms with van der Waals surface area (Å²) in [7, 11) is -9.93. The normalized spacial score (nSPS) is 14.1. The van der Waals surface area contributed by atoms with Gasteiger partial charge in [-0.15, -0.1) is 0 Å². The van der Waals surface area contributed by atoms with Crippen molar-refractivity contribution in [1.29, 1.82) is 0 Å². The van der Waals surface area contributed by atoms with E-state index >= 15 is 0 Å². The second kappa shape index (κ2) is 78.9. The molecule has 0 rings (SSSR count). The molecule has 0 aromatic carbocycles. The van der Waals surface area contributed by atoms with Crippen molar-refractivity contribution in [2.75, 3.05) is 39.6 Å². The number of phosphoric ester groups is 2. The van der Waals surface area contributed by atoms with Crippen molar-refractivity contribution in [2.45, 2.75) is 491 Å². The highest BCUT2D eigenvalue weighted by molar-refractivity contribution is 7.47. The van der Waals surface area contributed by atoms with Crippen molar-refractivity contribution in [3.05, 3.63) is 0 Å². The number of esters is 4. The maximum atomic E-state index is 13.2. The minimum Gasteiger partial charge on any atom is -0.462 e. The molecule has 0 bridgehead atoms. The Balaban J connectivity index is 5.22. The van der Waals surface area contributed by atoms with E-state index < -0.39 is 97.5 Å². The Hall–Kier alpha value is -1.94. The topological polar surface area (TPSA) is 237 Å². The Bertz CT molecular complexity index is 2080. The summed E-state index contributed by atoms with van der Waals surface area (Å²) in [6.45, 7) is 12.0. The van der Waals surface area contributed by atoms with Crippen molar-refractivity contribution >= 4 is 39.5 Å². The van der Waals surface area contributed by atoms with Gasteiger partial charge in [-0.05, 0) is 43.4 Å². The van der Waals surface area contributed by atoms with E-state index in [0.717, 1.165) is 108 Å². The van der Waals surface area contributed by atoms with Crippen LogP contribution in [-0.2, 0) is 65.4 Å². The summed E-state index contributed by atoms with van der Waals surface area (Å²) in [4.78, 5) is 73.3. The SMILES string of the molecule is CCCCCCCCCCCCCCCCCCCCCC(=O)OC[C@H](COP(=O)(O)OC[C@@H](O)COP(=O)(O)OC[C@@H](COC(=O)CCCCCCCCCC(C)C)OC(=O)CCCCCCCCCCCCCCCCC(C)C)OC(=O)CCCCCCCCCCCCCCCCCCCCC(C)CC. The zero-order valence-corrected chi connectivity index (χ0v) is 73.1. The number of aliphatic hydroxyl groups is 1. The van der Waals surface area contributed by atoms with Crippen LogP contribution in [0.15, 0.2) is 0 Å². The molecule has 0 aliphatic carbocycles. The maximum Gasteiger partial charge on any atom is 0.472 e. The van der Waals surface area contributed by atoms with Crippen LogP contribution >= 0.6 is 15.6 Å². The third-order valence-corrected chi connectivity index (χ3v) is 23.1. The summed E-state index contributed by atoms with van der Waals surface area (Å²) in [5.41, 5.74) is 0. The van der Waals surface area contributed by atoms with Gasteiger partial charge in [0, 0.05) is 25.7 Å². The number of hydrogen-bond acceptors (Lipinski definition) is 15. The third-order valence-electron chi connectivity index (χ3n) is 21.2. The van der Waals surface area contributed by atoms with Gasteiger partial charge in [-0.25, -0.2) is 9.13 Å². The van der Waals surface area contributed by atoms with Gasteiger partial charge in [-0.1, -0.05) is 421 Å². The molecule has 108 heavy (non-hydrogen) atoms. The first kappa shape index (κ1) is 106. The molecule has 17 nitrogen and oxygen atoms in total. The van der Waals surface area contributed by atoms with Crippen LogP contribution in [0.5, 0.6) is 0 Å². The second-order valence-corrected chi connectivity index (χ2v) is 36.1. The van der Waals surface area contributed by atoms with Crippen molar-refractivity contribution in [3.63, 3.8) is 0 Å². The fourth-order valence-corrected chi connectivity index (χ4v) is 15.4. The van der Waals surface area contributed by atoms with Gasteiger partial charge in [0.1, 0.15) is 19.3 Å². The zero-order valence-electron chi connectivity index (χ0n) is 71.3. The molecule has 0 amide bonds. The molecule has 0 saturated heterocycles. The van der Waals surface area contributed by atoms with E-state index in [9.17, 15) is 43.2 Å². The molecule has 0 fully saturated rings. The van der Waals surface area contributed by atoms with Gasteiger partial charge in [0.05, 0.1) is 26.4 Å². The van der Waals surface area contributed by atoms with Crippen LogP contribution in [0, 0.1) is 17.8 Å². The van der Waals surface area contributed by atoms with Gasteiger partial charge < -0.3 is 33.8 Å². The zero-order chi connectivity index (χ0) is 79.3. The molecule has 0 radical (unpaired) electrons. The largest absolute Gasteiger partial charge is 0.472 e. The lowest BCUT2D eigenvalue weighted by molar-refractivity contribution is -0.161. The monoisotopic (exact) mass is 1580 g/mol. The minimum absolute atomic E-state index is 0.107. The van der Waals surface area contributed by atoms with Crippen LogP contribution in [0.25, 0.3) is 0 Å². The van der Waals surface area contributed by atoms with Crippen LogP contribution in [0.1, 0.15) is 472 Å². The summed E-state index contributed by atoms with van der Waals surface area (Å²) >= 11 is 0. The molecular formula is C89H174O17P2. The van der Waals surface area contributed by atoms with Gasteiger partial charge in [-0.3, -0.25) is 37.3 Å². The summed E-state index contributed by atoms with van der Waals surface area (Å²) < 4.78 is 69.0. The highest BCUT2D eigenvalue weighted by Gasteiger charge is 2.31. The number of aliphatic hydroxyl groups excluding tert-OH is 1. The molecule has 0 saturated carbocycles. The van der Waals surface area contributed by atoms with E-state index in [4.69, 9.17) is 37.0 Å². The molecule has 0 aliphatic heterocycles. The van der Waals surface area contributed by atoms with Crippen molar-refractivity contribution < 1.29 is 80.2 Å². The van der Waals surface area contributed by atoms with E-state index in [1.54, 1.807) is 0 Å². The van der Waals surface area contributed by atoms with E-state index in [2.05, 4.69) is 48.5 Å². The number of carbonyl (C=O) groups excluding carboxylic acids is 4. The maximum absolute atomic E-state index is 13.2. The van der Waals surface area contributed by atoms with Gasteiger partial charge >= 0.3 is 39.5 Å². The first-order valence-corrected chi connectivity index (χ1v) is 48.9. The Morgan fingerprint density at radius 1 is 0.269 bits per heavy atom. The fraction of sp³-hybridized carbons (Fsp3) is 0.955. The summed E-state index contributed by atoms with van der Waals surface area (Å²) in [5.74, 6) is 0.269. The van der Waals surface area contributed by atoms with Gasteiger partial charge in [0.15, 0.2) is 12.2 Å². The highest BCUT2D eigenvalue weighted by Crippen LogP contribution is 2.45. The lowest BCUT2D eigenvalue weighted by Gasteiger charge is -2.21. The molecule has 0 aromatic heterocycles. The van der Waals surface area contributed by atoms with Gasteiger partial charge in [-0.2, -0.15) is 0 Å². The Labute approximate surface area is 664 Å². The van der Waals surface area contributed by atoms with E-state index in [1.165, 1.54) is 276 Å². The van der Waals surface area contributed by atoms with Crippen molar-refractivity contribution in [2.24, 2.45) is 17.8 Å². The highest BCUT2D eigenvalue weighted by atomic mass is 31.2. The van der Waals surface area contributed by atoms with Crippen LogP contribution < -0.4 is 0 Å². The second-order valence-electron chi connectivity index (χ2n) is 33.2. The number of phosphoric acid groups is 2.